The molecular weight excluding hydrogens is 306 g/mol. The summed E-state index contributed by atoms with van der Waals surface area (Å²) in [4.78, 5) is 10.6. The molecule has 0 bridgehead atoms. The molecule has 7 heteroatoms. The number of nitro benzene ring substituents is 1. The fourth-order valence-corrected chi connectivity index (χ4v) is 2.35. The Hall–Kier alpha value is -2.73. The molecule has 0 aliphatic rings. The van der Waals surface area contributed by atoms with Gasteiger partial charge in [0, 0.05) is 17.2 Å². The average molecular weight is 316 g/mol. The molecule has 0 saturated heterocycles. The molecule has 110 valence electrons. The molecule has 0 aliphatic heterocycles. The van der Waals surface area contributed by atoms with Crippen LogP contribution < -0.4 is 0 Å². The molecule has 3 aromatic rings. The number of aromatic nitrogens is 2. The molecule has 0 atom stereocenters. The van der Waals surface area contributed by atoms with Gasteiger partial charge in [0.1, 0.15) is 0 Å². The van der Waals surface area contributed by atoms with Gasteiger partial charge in [-0.05, 0) is 25.1 Å². The van der Waals surface area contributed by atoms with Crippen LogP contribution in [0.3, 0.4) is 0 Å². The van der Waals surface area contributed by atoms with Gasteiger partial charge in [0.15, 0.2) is 0 Å². The molecule has 0 amide bonds. The summed E-state index contributed by atoms with van der Waals surface area (Å²) in [5, 5.41) is 19.4. The van der Waals surface area contributed by atoms with E-state index < -0.39 is 4.92 Å². The van der Waals surface area contributed by atoms with E-state index in [1.54, 1.807) is 37.3 Å². The SMILES string of the molecule is Cc1c(-c2nnc(-c3ccccc3Cl)o2)cccc1[N+](=O)[O-]. The van der Waals surface area contributed by atoms with Gasteiger partial charge in [0.2, 0.25) is 11.8 Å². The number of benzene rings is 2. The third-order valence-electron chi connectivity index (χ3n) is 3.26. The molecule has 0 N–H and O–H groups in total. The van der Waals surface area contributed by atoms with Crippen LogP contribution in [0.4, 0.5) is 5.69 Å². The van der Waals surface area contributed by atoms with Crippen LogP contribution in [0, 0.1) is 17.0 Å². The molecule has 2 aromatic carbocycles. The van der Waals surface area contributed by atoms with Crippen LogP contribution in [-0.2, 0) is 0 Å². The van der Waals surface area contributed by atoms with Crippen molar-refractivity contribution in [2.24, 2.45) is 0 Å². The Balaban J connectivity index is 2.07. The number of hydrogen-bond donors (Lipinski definition) is 0. The van der Waals surface area contributed by atoms with Gasteiger partial charge < -0.3 is 4.42 Å². The first-order chi connectivity index (χ1) is 10.6. The van der Waals surface area contributed by atoms with Gasteiger partial charge in [-0.3, -0.25) is 10.1 Å². The van der Waals surface area contributed by atoms with Crippen molar-refractivity contribution >= 4 is 17.3 Å². The number of halogens is 1. The Bertz CT molecular complexity index is 861. The zero-order valence-electron chi connectivity index (χ0n) is 11.5. The highest BCUT2D eigenvalue weighted by molar-refractivity contribution is 6.33. The van der Waals surface area contributed by atoms with E-state index in [4.69, 9.17) is 16.0 Å². The Morgan fingerprint density at radius 1 is 1.05 bits per heavy atom. The van der Waals surface area contributed by atoms with Crippen LogP contribution in [0.2, 0.25) is 5.02 Å². The molecule has 1 aromatic heterocycles. The summed E-state index contributed by atoms with van der Waals surface area (Å²) in [5.41, 5.74) is 1.63. The monoisotopic (exact) mass is 315 g/mol. The fraction of sp³-hybridized carbons (Fsp3) is 0.0667. The minimum absolute atomic E-state index is 0.00925. The molecule has 1 heterocycles. The minimum Gasteiger partial charge on any atom is -0.416 e. The lowest BCUT2D eigenvalue weighted by Crippen LogP contribution is -1.93. The molecule has 6 nitrogen and oxygen atoms in total. The van der Waals surface area contributed by atoms with Crippen molar-refractivity contribution in [3.63, 3.8) is 0 Å². The Morgan fingerprint density at radius 2 is 1.68 bits per heavy atom. The third kappa shape index (κ3) is 2.44. The summed E-state index contributed by atoms with van der Waals surface area (Å²) in [7, 11) is 0. The summed E-state index contributed by atoms with van der Waals surface area (Å²) in [6.45, 7) is 1.65. The normalized spacial score (nSPS) is 10.6. The lowest BCUT2D eigenvalue weighted by Gasteiger charge is -2.01. The van der Waals surface area contributed by atoms with Gasteiger partial charge in [0.25, 0.3) is 5.69 Å². The van der Waals surface area contributed by atoms with Crippen molar-refractivity contribution in [2.75, 3.05) is 0 Å². The predicted molar refractivity (Wildman–Crippen MR) is 81.6 cm³/mol. The van der Waals surface area contributed by atoms with E-state index in [0.29, 0.717) is 21.7 Å². The van der Waals surface area contributed by atoms with Crippen molar-refractivity contribution in [1.29, 1.82) is 0 Å². The average Bonchev–Trinajstić information content (AvgIpc) is 2.97. The Kier molecular flexibility index (Phi) is 3.60. The van der Waals surface area contributed by atoms with Gasteiger partial charge >= 0.3 is 0 Å². The van der Waals surface area contributed by atoms with Crippen molar-refractivity contribution in [2.45, 2.75) is 6.92 Å². The summed E-state index contributed by atoms with van der Waals surface area (Å²) in [5.74, 6) is 0.489. The van der Waals surface area contributed by atoms with Crippen LogP contribution in [0.15, 0.2) is 46.9 Å². The zero-order chi connectivity index (χ0) is 15.7. The van der Waals surface area contributed by atoms with Gasteiger partial charge in [0.05, 0.1) is 15.5 Å². The van der Waals surface area contributed by atoms with Crippen molar-refractivity contribution in [3.8, 4) is 22.9 Å². The van der Waals surface area contributed by atoms with Crippen LogP contribution in [0.1, 0.15) is 5.56 Å². The molecule has 0 saturated carbocycles. The molecule has 0 radical (unpaired) electrons. The first-order valence-electron chi connectivity index (χ1n) is 6.40. The maximum Gasteiger partial charge on any atom is 0.273 e. The number of rotatable bonds is 3. The third-order valence-corrected chi connectivity index (χ3v) is 3.59. The summed E-state index contributed by atoms with van der Waals surface area (Å²) in [6, 6.07) is 11.8. The maximum atomic E-state index is 11.0. The summed E-state index contributed by atoms with van der Waals surface area (Å²) < 4.78 is 5.62. The van der Waals surface area contributed by atoms with E-state index >= 15 is 0 Å². The smallest absolute Gasteiger partial charge is 0.273 e. The largest absolute Gasteiger partial charge is 0.416 e. The summed E-state index contributed by atoms with van der Waals surface area (Å²) >= 11 is 6.10. The topological polar surface area (TPSA) is 82.1 Å². The number of hydrogen-bond acceptors (Lipinski definition) is 5. The van der Waals surface area contributed by atoms with Crippen molar-refractivity contribution in [1.82, 2.24) is 10.2 Å². The Labute approximate surface area is 130 Å². The molecule has 3 rings (SSSR count). The van der Waals surface area contributed by atoms with Gasteiger partial charge in [-0.15, -0.1) is 10.2 Å². The van der Waals surface area contributed by atoms with Crippen molar-refractivity contribution < 1.29 is 9.34 Å². The fourth-order valence-electron chi connectivity index (χ4n) is 2.13. The first-order valence-corrected chi connectivity index (χ1v) is 6.78. The highest BCUT2D eigenvalue weighted by atomic mass is 35.5. The quantitative estimate of drug-likeness (QED) is 0.532. The lowest BCUT2D eigenvalue weighted by molar-refractivity contribution is -0.385. The van der Waals surface area contributed by atoms with E-state index in [2.05, 4.69) is 10.2 Å². The van der Waals surface area contributed by atoms with Crippen molar-refractivity contribution in [3.05, 3.63) is 63.2 Å². The van der Waals surface area contributed by atoms with Gasteiger partial charge in [-0.2, -0.15) is 0 Å². The van der Waals surface area contributed by atoms with E-state index in [-0.39, 0.29) is 17.5 Å². The Morgan fingerprint density at radius 3 is 2.36 bits per heavy atom. The first kappa shape index (κ1) is 14.2. The predicted octanol–water partition coefficient (Wildman–Crippen LogP) is 4.27. The molecule has 0 aliphatic carbocycles. The van der Waals surface area contributed by atoms with Crippen LogP contribution in [0.5, 0.6) is 0 Å². The molecule has 0 fully saturated rings. The number of nitrogens with zero attached hydrogens (tertiary/aromatic N) is 3. The highest BCUT2D eigenvalue weighted by Crippen LogP contribution is 2.32. The van der Waals surface area contributed by atoms with Crippen LogP contribution in [0.25, 0.3) is 22.9 Å². The molecule has 0 spiro atoms. The van der Waals surface area contributed by atoms with Crippen LogP contribution >= 0.6 is 11.6 Å². The van der Waals surface area contributed by atoms with Gasteiger partial charge in [-0.1, -0.05) is 29.8 Å². The zero-order valence-corrected chi connectivity index (χ0v) is 12.2. The summed E-state index contributed by atoms with van der Waals surface area (Å²) in [6.07, 6.45) is 0. The molecule has 22 heavy (non-hydrogen) atoms. The second kappa shape index (κ2) is 5.57. The van der Waals surface area contributed by atoms with Gasteiger partial charge in [-0.25, -0.2) is 0 Å². The lowest BCUT2D eigenvalue weighted by atomic mass is 10.1. The van der Waals surface area contributed by atoms with E-state index in [1.807, 2.05) is 6.07 Å². The van der Waals surface area contributed by atoms with E-state index in [1.165, 1.54) is 6.07 Å². The van der Waals surface area contributed by atoms with E-state index in [0.717, 1.165) is 0 Å². The molecule has 0 unspecified atom stereocenters. The highest BCUT2D eigenvalue weighted by Gasteiger charge is 2.19. The second-order valence-electron chi connectivity index (χ2n) is 4.60. The second-order valence-corrected chi connectivity index (χ2v) is 5.01. The number of nitro groups is 1. The van der Waals surface area contributed by atoms with Crippen LogP contribution in [-0.4, -0.2) is 15.1 Å². The minimum atomic E-state index is -0.440. The van der Waals surface area contributed by atoms with E-state index in [9.17, 15) is 10.1 Å². The standard InChI is InChI=1S/C15H10ClN3O3/c1-9-10(6-4-8-13(9)19(20)21)14-17-18-15(22-14)11-5-2-3-7-12(11)16/h2-8H,1H3. The maximum absolute atomic E-state index is 11.0. The molecular formula is C15H10ClN3O3.